The highest BCUT2D eigenvalue weighted by atomic mass is 16.4. The summed E-state index contributed by atoms with van der Waals surface area (Å²) < 4.78 is 0. The minimum absolute atomic E-state index is 0.00506. The average molecular weight is 325 g/mol. The summed E-state index contributed by atoms with van der Waals surface area (Å²) in [5.41, 5.74) is 0.647. The van der Waals surface area contributed by atoms with Gasteiger partial charge in [0.2, 0.25) is 0 Å². The monoisotopic (exact) mass is 325 g/mol. The maximum Gasteiger partial charge on any atom is 0.337 e. The topological polar surface area (TPSA) is 106 Å². The molecule has 0 unspecified atom stereocenters. The van der Waals surface area contributed by atoms with Gasteiger partial charge in [-0.2, -0.15) is 0 Å². The molecule has 0 aliphatic heterocycles. The van der Waals surface area contributed by atoms with Crippen molar-refractivity contribution >= 4 is 33.6 Å². The SMILES string of the molecule is CN(C)/C=C/C(=O)c1ccc2[nH]c(=O)c3[nH]cc(C(=O)O)c3c2c1. The molecular formula is C17H15N3O4. The summed E-state index contributed by atoms with van der Waals surface area (Å²) >= 11 is 0. The zero-order valence-electron chi connectivity index (χ0n) is 13.1. The normalized spacial score (nSPS) is 11.4. The van der Waals surface area contributed by atoms with E-state index in [9.17, 15) is 19.5 Å². The van der Waals surface area contributed by atoms with Gasteiger partial charge in [0.05, 0.1) is 5.56 Å². The summed E-state index contributed by atoms with van der Waals surface area (Å²) in [5.74, 6) is -1.35. The molecule has 0 spiro atoms. The standard InChI is InChI=1S/C17H15N3O4/c1-20(2)6-5-13(21)9-3-4-12-10(7-9)14-11(17(23)24)8-18-15(14)16(22)19-12/h3-8,18H,1-2H3,(H,19,22)(H,23,24)/b6-5+. The number of ketones is 1. The van der Waals surface area contributed by atoms with E-state index in [1.54, 1.807) is 43.4 Å². The first-order chi connectivity index (χ1) is 11.4. The van der Waals surface area contributed by atoms with Crippen LogP contribution >= 0.6 is 0 Å². The van der Waals surface area contributed by atoms with Gasteiger partial charge < -0.3 is 20.0 Å². The van der Waals surface area contributed by atoms with Crippen LogP contribution in [0.5, 0.6) is 0 Å². The lowest BCUT2D eigenvalue weighted by Crippen LogP contribution is -2.08. The Labute approximate surface area is 136 Å². The number of aromatic nitrogens is 2. The Balaban J connectivity index is 2.28. The number of carbonyl (C=O) groups is 2. The van der Waals surface area contributed by atoms with Gasteiger partial charge in [0, 0.05) is 54.4 Å². The maximum atomic E-state index is 12.2. The third-order valence-electron chi connectivity index (χ3n) is 3.68. The Morgan fingerprint density at radius 3 is 2.67 bits per heavy atom. The summed E-state index contributed by atoms with van der Waals surface area (Å²) in [7, 11) is 3.61. The summed E-state index contributed by atoms with van der Waals surface area (Å²) in [6, 6.07) is 4.79. The van der Waals surface area contributed by atoms with E-state index in [0.29, 0.717) is 21.9 Å². The summed E-state index contributed by atoms with van der Waals surface area (Å²) in [4.78, 5) is 42.8. The first-order valence-corrected chi connectivity index (χ1v) is 7.18. The smallest absolute Gasteiger partial charge is 0.337 e. The van der Waals surface area contributed by atoms with Crippen molar-refractivity contribution in [2.75, 3.05) is 14.1 Å². The molecule has 0 saturated heterocycles. The van der Waals surface area contributed by atoms with E-state index in [0.717, 1.165) is 0 Å². The third kappa shape index (κ3) is 2.56. The Kier molecular flexibility index (Phi) is 3.69. The highest BCUT2D eigenvalue weighted by molar-refractivity contribution is 6.16. The first kappa shape index (κ1) is 15.5. The number of aromatic amines is 2. The van der Waals surface area contributed by atoms with Crippen molar-refractivity contribution in [2.45, 2.75) is 0 Å². The van der Waals surface area contributed by atoms with Gasteiger partial charge in [0.25, 0.3) is 5.56 Å². The second-order valence-corrected chi connectivity index (χ2v) is 5.62. The van der Waals surface area contributed by atoms with Crippen molar-refractivity contribution in [3.05, 3.63) is 58.2 Å². The molecule has 3 N–H and O–H groups in total. The summed E-state index contributed by atoms with van der Waals surface area (Å²) in [5, 5.41) is 10.1. The number of nitrogens with zero attached hydrogens (tertiary/aromatic N) is 1. The van der Waals surface area contributed by atoms with Crippen LogP contribution in [0.2, 0.25) is 0 Å². The molecule has 24 heavy (non-hydrogen) atoms. The Morgan fingerprint density at radius 1 is 1.25 bits per heavy atom. The van der Waals surface area contributed by atoms with Crippen molar-refractivity contribution in [3.8, 4) is 0 Å². The molecule has 0 aliphatic carbocycles. The number of aromatic carboxylic acids is 1. The molecule has 2 aromatic heterocycles. The number of hydrogen-bond donors (Lipinski definition) is 3. The molecule has 2 heterocycles. The Bertz CT molecular complexity index is 1060. The molecule has 0 fully saturated rings. The number of carbonyl (C=O) groups excluding carboxylic acids is 1. The average Bonchev–Trinajstić information content (AvgIpc) is 2.98. The van der Waals surface area contributed by atoms with Gasteiger partial charge in [-0.15, -0.1) is 0 Å². The number of H-pyrrole nitrogens is 2. The van der Waals surface area contributed by atoms with Crippen LogP contribution in [0, 0.1) is 0 Å². The predicted molar refractivity (Wildman–Crippen MR) is 90.5 cm³/mol. The lowest BCUT2D eigenvalue weighted by molar-refractivity contribution is 0.0699. The van der Waals surface area contributed by atoms with E-state index in [-0.39, 0.29) is 16.9 Å². The van der Waals surface area contributed by atoms with Crippen LogP contribution in [0.25, 0.3) is 21.8 Å². The summed E-state index contributed by atoms with van der Waals surface area (Å²) in [6.07, 6.45) is 4.34. The third-order valence-corrected chi connectivity index (χ3v) is 3.68. The Hall–Kier alpha value is -3.35. The zero-order chi connectivity index (χ0) is 17.4. The van der Waals surface area contributed by atoms with E-state index >= 15 is 0 Å². The van der Waals surface area contributed by atoms with Gasteiger partial charge in [-0.1, -0.05) is 0 Å². The number of pyridine rings is 1. The zero-order valence-corrected chi connectivity index (χ0v) is 13.1. The molecule has 0 radical (unpaired) electrons. The van der Waals surface area contributed by atoms with Crippen LogP contribution in [0.3, 0.4) is 0 Å². The van der Waals surface area contributed by atoms with Gasteiger partial charge in [-0.25, -0.2) is 4.79 Å². The number of carboxylic acids is 1. The number of carboxylic acid groups (broad SMARTS) is 1. The van der Waals surface area contributed by atoms with E-state index in [1.807, 2.05) is 0 Å². The second kappa shape index (κ2) is 5.69. The van der Waals surface area contributed by atoms with Crippen LogP contribution in [0.1, 0.15) is 20.7 Å². The molecule has 0 aliphatic rings. The van der Waals surface area contributed by atoms with Gasteiger partial charge >= 0.3 is 5.97 Å². The number of nitrogens with one attached hydrogen (secondary N) is 2. The highest BCUT2D eigenvalue weighted by Crippen LogP contribution is 2.25. The number of hydrogen-bond acceptors (Lipinski definition) is 4. The van der Waals surface area contributed by atoms with Crippen molar-refractivity contribution < 1.29 is 14.7 Å². The van der Waals surface area contributed by atoms with Crippen molar-refractivity contribution in [2.24, 2.45) is 0 Å². The minimum atomic E-state index is -1.14. The van der Waals surface area contributed by atoms with E-state index in [2.05, 4.69) is 9.97 Å². The van der Waals surface area contributed by atoms with E-state index < -0.39 is 11.5 Å². The van der Waals surface area contributed by atoms with Crippen LogP contribution in [0.15, 0.2) is 41.5 Å². The van der Waals surface area contributed by atoms with Gasteiger partial charge in [-0.05, 0) is 18.2 Å². The largest absolute Gasteiger partial charge is 0.478 e. The van der Waals surface area contributed by atoms with Crippen LogP contribution < -0.4 is 5.56 Å². The van der Waals surface area contributed by atoms with Crippen molar-refractivity contribution in [1.29, 1.82) is 0 Å². The Morgan fingerprint density at radius 2 is 2.00 bits per heavy atom. The fourth-order valence-electron chi connectivity index (χ4n) is 2.56. The molecule has 0 saturated carbocycles. The first-order valence-electron chi connectivity index (χ1n) is 7.18. The van der Waals surface area contributed by atoms with Gasteiger partial charge in [0.15, 0.2) is 5.78 Å². The molecule has 0 amide bonds. The molecule has 122 valence electrons. The van der Waals surface area contributed by atoms with Crippen LogP contribution in [-0.4, -0.2) is 45.8 Å². The fourth-order valence-corrected chi connectivity index (χ4v) is 2.56. The summed E-state index contributed by atoms with van der Waals surface area (Å²) in [6.45, 7) is 0. The lowest BCUT2D eigenvalue weighted by atomic mass is 10.0. The van der Waals surface area contributed by atoms with Crippen molar-refractivity contribution in [3.63, 3.8) is 0 Å². The molecule has 7 heteroatoms. The molecule has 3 rings (SSSR count). The number of fused-ring (bicyclic) bond motifs is 3. The predicted octanol–water partition coefficient (Wildman–Crippen LogP) is 1.97. The maximum absolute atomic E-state index is 12.2. The van der Waals surface area contributed by atoms with Crippen molar-refractivity contribution in [1.82, 2.24) is 14.9 Å². The molecule has 0 atom stereocenters. The fraction of sp³-hybridized carbons (Fsp3) is 0.118. The lowest BCUT2D eigenvalue weighted by Gasteiger charge is -2.05. The molecular weight excluding hydrogens is 310 g/mol. The van der Waals surface area contributed by atoms with Crippen LogP contribution in [0.4, 0.5) is 0 Å². The molecule has 3 aromatic rings. The van der Waals surface area contributed by atoms with Gasteiger partial charge in [-0.3, -0.25) is 9.59 Å². The molecule has 0 bridgehead atoms. The van der Waals surface area contributed by atoms with Gasteiger partial charge in [0.1, 0.15) is 5.52 Å². The number of rotatable bonds is 4. The van der Waals surface area contributed by atoms with Crippen LogP contribution in [-0.2, 0) is 0 Å². The molecule has 7 nitrogen and oxygen atoms in total. The quantitative estimate of drug-likeness (QED) is 0.502. The molecule has 1 aromatic carbocycles. The van der Waals surface area contributed by atoms with E-state index in [1.165, 1.54) is 12.3 Å². The minimum Gasteiger partial charge on any atom is -0.478 e. The second-order valence-electron chi connectivity index (χ2n) is 5.62. The number of allylic oxidation sites excluding steroid dienone is 1. The number of benzene rings is 1. The highest BCUT2D eigenvalue weighted by Gasteiger charge is 2.17. The van der Waals surface area contributed by atoms with E-state index in [4.69, 9.17) is 0 Å².